The molecule has 28 heavy (non-hydrogen) atoms. The second kappa shape index (κ2) is 8.33. The van der Waals surface area contributed by atoms with E-state index < -0.39 is 0 Å². The molecule has 0 N–H and O–H groups in total. The minimum absolute atomic E-state index is 0.0409. The van der Waals surface area contributed by atoms with Gasteiger partial charge in [0.15, 0.2) is 0 Å². The predicted molar refractivity (Wildman–Crippen MR) is 106 cm³/mol. The molecule has 144 valence electrons. The molecule has 6 heteroatoms. The number of hydrogen-bond donors (Lipinski definition) is 0. The number of carbonyl (C=O) groups is 2. The van der Waals surface area contributed by atoms with Crippen LogP contribution in [-0.2, 0) is 16.1 Å². The molecule has 0 saturated heterocycles. The predicted octanol–water partition coefficient (Wildman–Crippen LogP) is 2.99. The van der Waals surface area contributed by atoms with Gasteiger partial charge in [0, 0.05) is 44.2 Å². The summed E-state index contributed by atoms with van der Waals surface area (Å²) in [6, 6.07) is 14.1. The molecule has 2 aromatic rings. The molecule has 1 aliphatic heterocycles. The van der Waals surface area contributed by atoms with Crippen molar-refractivity contribution in [3.05, 3.63) is 66.0 Å². The summed E-state index contributed by atoms with van der Waals surface area (Å²) >= 11 is 0. The Balaban J connectivity index is 1.32. The molecule has 1 saturated carbocycles. The Morgan fingerprint density at radius 1 is 1.04 bits per heavy atom. The average molecular weight is 376 g/mol. The summed E-state index contributed by atoms with van der Waals surface area (Å²) in [4.78, 5) is 31.2. The van der Waals surface area contributed by atoms with Gasteiger partial charge in [-0.15, -0.1) is 0 Å². The van der Waals surface area contributed by atoms with Crippen molar-refractivity contribution < 1.29 is 9.59 Å². The Bertz CT molecular complexity index is 863. The number of amides is 2. The van der Waals surface area contributed by atoms with E-state index in [2.05, 4.69) is 10.1 Å². The lowest BCUT2D eigenvalue weighted by molar-refractivity contribution is -0.137. The zero-order valence-electron chi connectivity index (χ0n) is 15.8. The molecule has 4 rings (SSSR count). The summed E-state index contributed by atoms with van der Waals surface area (Å²) in [5, 5.41) is 5.98. The normalized spacial score (nSPS) is 16.0. The van der Waals surface area contributed by atoms with E-state index >= 15 is 0 Å². The van der Waals surface area contributed by atoms with Crippen molar-refractivity contribution >= 4 is 17.5 Å². The third-order valence-corrected chi connectivity index (χ3v) is 5.16. The van der Waals surface area contributed by atoms with E-state index in [9.17, 15) is 9.59 Å². The van der Waals surface area contributed by atoms with E-state index in [1.807, 2.05) is 47.4 Å². The monoisotopic (exact) mass is 376 g/mol. The van der Waals surface area contributed by atoms with Crippen molar-refractivity contribution in [2.75, 3.05) is 6.54 Å². The van der Waals surface area contributed by atoms with Gasteiger partial charge in [0.2, 0.25) is 11.8 Å². The van der Waals surface area contributed by atoms with Crippen molar-refractivity contribution in [1.82, 2.24) is 14.9 Å². The van der Waals surface area contributed by atoms with Gasteiger partial charge in [0.1, 0.15) is 0 Å². The topological polar surface area (TPSA) is 65.9 Å². The van der Waals surface area contributed by atoms with E-state index in [4.69, 9.17) is 0 Å². The zero-order valence-corrected chi connectivity index (χ0v) is 15.8. The average Bonchev–Trinajstić information content (AvgIpc) is 3.46. The van der Waals surface area contributed by atoms with E-state index in [-0.39, 0.29) is 24.7 Å². The van der Waals surface area contributed by atoms with Gasteiger partial charge in [-0.2, -0.15) is 5.10 Å². The minimum Gasteiger partial charge on any atom is -0.335 e. The third kappa shape index (κ3) is 4.44. The molecule has 2 aliphatic rings. The number of nitrogens with zero attached hydrogens (tertiary/aromatic N) is 4. The lowest BCUT2D eigenvalue weighted by Gasteiger charge is -2.23. The molecular formula is C22H24N4O2. The van der Waals surface area contributed by atoms with Crippen molar-refractivity contribution in [2.24, 2.45) is 5.10 Å². The molecular weight excluding hydrogens is 352 g/mol. The molecule has 1 aromatic heterocycles. The maximum Gasteiger partial charge on any atom is 0.243 e. The van der Waals surface area contributed by atoms with E-state index in [0.29, 0.717) is 19.1 Å². The molecule has 0 radical (unpaired) electrons. The van der Waals surface area contributed by atoms with Crippen molar-refractivity contribution in [3.63, 3.8) is 0 Å². The summed E-state index contributed by atoms with van der Waals surface area (Å²) in [5.41, 5.74) is 3.04. The first-order chi connectivity index (χ1) is 13.7. The van der Waals surface area contributed by atoms with Crippen LogP contribution in [0.2, 0.25) is 0 Å². The summed E-state index contributed by atoms with van der Waals surface area (Å²) in [6.45, 7) is 1.17. The van der Waals surface area contributed by atoms with Gasteiger partial charge < -0.3 is 4.90 Å². The third-order valence-electron chi connectivity index (χ3n) is 5.16. The highest BCUT2D eigenvalue weighted by Crippen LogP contribution is 2.29. The fraction of sp³-hybridized carbons (Fsp3) is 0.364. The lowest BCUT2D eigenvalue weighted by Crippen LogP contribution is -2.33. The second-order valence-electron chi connectivity index (χ2n) is 7.29. The quantitative estimate of drug-likeness (QED) is 0.746. The van der Waals surface area contributed by atoms with Crippen LogP contribution in [0.5, 0.6) is 0 Å². The van der Waals surface area contributed by atoms with Crippen LogP contribution in [-0.4, -0.2) is 45.0 Å². The molecule has 1 aromatic carbocycles. The van der Waals surface area contributed by atoms with Gasteiger partial charge in [-0.25, -0.2) is 5.01 Å². The Hall–Kier alpha value is -3.02. The SMILES string of the molecule is O=C(CCC(=O)N(Cc1ccncc1)C1CC1)N1CCC(c2ccccc2)=N1. The van der Waals surface area contributed by atoms with Crippen LogP contribution in [0.3, 0.4) is 0 Å². The highest BCUT2D eigenvalue weighted by molar-refractivity contribution is 6.02. The van der Waals surface area contributed by atoms with E-state index in [1.54, 1.807) is 12.4 Å². The smallest absolute Gasteiger partial charge is 0.243 e. The van der Waals surface area contributed by atoms with E-state index in [0.717, 1.165) is 36.1 Å². The van der Waals surface area contributed by atoms with Crippen molar-refractivity contribution in [1.29, 1.82) is 0 Å². The van der Waals surface area contributed by atoms with Gasteiger partial charge in [0.25, 0.3) is 0 Å². The first-order valence-corrected chi connectivity index (χ1v) is 9.82. The van der Waals surface area contributed by atoms with Crippen LogP contribution in [0.25, 0.3) is 0 Å². The standard InChI is InChI=1S/C22H24N4O2/c27-21(25(19-6-7-19)16-17-10-13-23-14-11-17)8-9-22(28)26-15-12-20(24-26)18-4-2-1-3-5-18/h1-5,10-11,13-14,19H,6-9,12,15-16H2. The second-order valence-corrected chi connectivity index (χ2v) is 7.29. The number of carbonyl (C=O) groups excluding carboxylic acids is 2. The van der Waals surface area contributed by atoms with Crippen molar-refractivity contribution in [3.8, 4) is 0 Å². The van der Waals surface area contributed by atoms with Gasteiger partial charge in [-0.3, -0.25) is 14.6 Å². The highest BCUT2D eigenvalue weighted by Gasteiger charge is 2.33. The molecule has 1 aliphatic carbocycles. The first kappa shape index (κ1) is 18.3. The van der Waals surface area contributed by atoms with Crippen LogP contribution in [0.4, 0.5) is 0 Å². The van der Waals surface area contributed by atoms with Gasteiger partial charge in [-0.1, -0.05) is 30.3 Å². The van der Waals surface area contributed by atoms with Crippen molar-refractivity contribution in [2.45, 2.75) is 44.7 Å². The van der Waals surface area contributed by atoms with Gasteiger partial charge in [0.05, 0.1) is 12.3 Å². The number of aromatic nitrogens is 1. The summed E-state index contributed by atoms with van der Waals surface area (Å²) in [6.07, 6.45) is 6.74. The number of pyridine rings is 1. The zero-order chi connectivity index (χ0) is 19.3. The minimum atomic E-state index is -0.0843. The number of hydrazone groups is 1. The Labute approximate surface area is 164 Å². The van der Waals surface area contributed by atoms with Crippen LogP contribution < -0.4 is 0 Å². The molecule has 0 atom stereocenters. The van der Waals surface area contributed by atoms with Crippen LogP contribution in [0.15, 0.2) is 60.0 Å². The van der Waals surface area contributed by atoms with Gasteiger partial charge in [-0.05, 0) is 36.1 Å². The largest absolute Gasteiger partial charge is 0.335 e. The number of hydrogen-bond acceptors (Lipinski definition) is 4. The molecule has 6 nitrogen and oxygen atoms in total. The molecule has 0 spiro atoms. The van der Waals surface area contributed by atoms with Crippen LogP contribution in [0, 0.1) is 0 Å². The fourth-order valence-electron chi connectivity index (χ4n) is 3.45. The summed E-state index contributed by atoms with van der Waals surface area (Å²) < 4.78 is 0. The Morgan fingerprint density at radius 2 is 1.79 bits per heavy atom. The summed E-state index contributed by atoms with van der Waals surface area (Å²) in [7, 11) is 0. The summed E-state index contributed by atoms with van der Waals surface area (Å²) in [5.74, 6) is -0.0435. The maximum atomic E-state index is 12.7. The highest BCUT2D eigenvalue weighted by atomic mass is 16.2. The van der Waals surface area contributed by atoms with Crippen LogP contribution in [0.1, 0.15) is 43.2 Å². The van der Waals surface area contributed by atoms with Gasteiger partial charge >= 0.3 is 0 Å². The molecule has 0 unspecified atom stereocenters. The maximum absolute atomic E-state index is 12.7. The molecule has 2 amide bonds. The Kier molecular flexibility index (Phi) is 5.46. The van der Waals surface area contributed by atoms with Crippen LogP contribution >= 0.6 is 0 Å². The van der Waals surface area contributed by atoms with E-state index in [1.165, 1.54) is 5.01 Å². The lowest BCUT2D eigenvalue weighted by atomic mass is 10.1. The first-order valence-electron chi connectivity index (χ1n) is 9.82. The fourth-order valence-corrected chi connectivity index (χ4v) is 3.45. The number of rotatable bonds is 7. The molecule has 0 bridgehead atoms. The number of benzene rings is 1. The Morgan fingerprint density at radius 3 is 2.50 bits per heavy atom. The molecule has 2 heterocycles. The molecule has 1 fully saturated rings.